The van der Waals surface area contributed by atoms with Crippen molar-refractivity contribution in [2.75, 3.05) is 19.7 Å². The summed E-state index contributed by atoms with van der Waals surface area (Å²) in [5.41, 5.74) is -1.11. The Morgan fingerprint density at radius 3 is 2.23 bits per heavy atom. The second kappa shape index (κ2) is 12.7. The zero-order chi connectivity index (χ0) is 22.6. The standard InChI is InChI=1S/C12H14F3NO.C7H13N3O.C2H6/c13-12(14,15)10-3-1-9(2-4-10)11(17)5-7-16-8-6-11;1-7(6-11)2-4-10-5-3-8-9-10;1-2/h1-4,16-17H,5-8H2;3,5,7,11H,2,4,6H2,1H3;1-2H3. The number of alkyl halides is 3. The summed E-state index contributed by atoms with van der Waals surface area (Å²) in [4.78, 5) is 0. The summed E-state index contributed by atoms with van der Waals surface area (Å²) in [5.74, 6) is 0.346. The van der Waals surface area contributed by atoms with Gasteiger partial charge in [0, 0.05) is 19.3 Å². The Labute approximate surface area is 176 Å². The Balaban J connectivity index is 0.000000300. The topological polar surface area (TPSA) is 83.2 Å². The first-order valence-corrected chi connectivity index (χ1v) is 10.3. The molecule has 30 heavy (non-hydrogen) atoms. The molecule has 1 fully saturated rings. The lowest BCUT2D eigenvalue weighted by Gasteiger charge is -2.33. The van der Waals surface area contributed by atoms with E-state index in [1.54, 1.807) is 10.9 Å². The van der Waals surface area contributed by atoms with Gasteiger partial charge >= 0.3 is 6.18 Å². The molecule has 0 amide bonds. The predicted octanol–water partition coefficient (Wildman–Crippen LogP) is 3.60. The summed E-state index contributed by atoms with van der Waals surface area (Å²) >= 11 is 0. The van der Waals surface area contributed by atoms with Gasteiger partial charge in [-0.2, -0.15) is 13.2 Å². The number of hydrogen-bond acceptors (Lipinski definition) is 5. The van der Waals surface area contributed by atoms with E-state index in [1.165, 1.54) is 12.1 Å². The fourth-order valence-corrected chi connectivity index (χ4v) is 2.89. The average Bonchev–Trinajstić information content (AvgIpc) is 3.28. The number of halogens is 3. The van der Waals surface area contributed by atoms with Crippen LogP contribution in [0.3, 0.4) is 0 Å². The molecule has 1 unspecified atom stereocenters. The number of nitrogens with zero attached hydrogens (tertiary/aromatic N) is 3. The van der Waals surface area contributed by atoms with Crippen molar-refractivity contribution in [1.82, 2.24) is 20.3 Å². The zero-order valence-electron chi connectivity index (χ0n) is 17.9. The maximum absolute atomic E-state index is 12.4. The van der Waals surface area contributed by atoms with Crippen molar-refractivity contribution in [3.05, 3.63) is 47.8 Å². The lowest BCUT2D eigenvalue weighted by Crippen LogP contribution is -2.39. The van der Waals surface area contributed by atoms with E-state index in [9.17, 15) is 18.3 Å². The third-order valence-corrected chi connectivity index (χ3v) is 4.81. The number of aryl methyl sites for hydroxylation is 1. The maximum atomic E-state index is 12.4. The van der Waals surface area contributed by atoms with Gasteiger partial charge in [-0.3, -0.25) is 4.68 Å². The van der Waals surface area contributed by atoms with Crippen molar-refractivity contribution in [2.24, 2.45) is 5.92 Å². The molecule has 1 saturated heterocycles. The minimum atomic E-state index is -4.32. The number of aliphatic hydroxyl groups is 2. The second-order valence-electron chi connectivity index (χ2n) is 7.10. The van der Waals surface area contributed by atoms with Gasteiger partial charge in [-0.15, -0.1) is 5.10 Å². The van der Waals surface area contributed by atoms with Crippen LogP contribution in [0.1, 0.15) is 51.2 Å². The van der Waals surface area contributed by atoms with E-state index < -0.39 is 17.3 Å². The van der Waals surface area contributed by atoms with Gasteiger partial charge in [-0.1, -0.05) is 38.1 Å². The SMILES string of the molecule is CC.CC(CO)CCn1ccnn1.OC1(c2ccc(C(F)(F)F)cc2)CCNCC1. The number of rotatable bonds is 5. The van der Waals surface area contributed by atoms with Crippen LogP contribution in [0.4, 0.5) is 13.2 Å². The van der Waals surface area contributed by atoms with E-state index >= 15 is 0 Å². The fourth-order valence-electron chi connectivity index (χ4n) is 2.89. The Morgan fingerprint density at radius 1 is 1.17 bits per heavy atom. The van der Waals surface area contributed by atoms with Crippen LogP contribution in [-0.4, -0.2) is 44.9 Å². The van der Waals surface area contributed by atoms with Gasteiger partial charge in [0.05, 0.1) is 17.4 Å². The molecule has 3 rings (SSSR count). The quantitative estimate of drug-likeness (QED) is 0.675. The normalized spacial score (nSPS) is 16.5. The summed E-state index contributed by atoms with van der Waals surface area (Å²) in [6.45, 7) is 8.45. The highest BCUT2D eigenvalue weighted by molar-refractivity contribution is 5.29. The molecule has 0 spiro atoms. The molecule has 6 nitrogen and oxygen atoms in total. The largest absolute Gasteiger partial charge is 0.416 e. The van der Waals surface area contributed by atoms with Crippen LogP contribution in [0.15, 0.2) is 36.7 Å². The van der Waals surface area contributed by atoms with Gasteiger partial charge in [0.15, 0.2) is 0 Å². The van der Waals surface area contributed by atoms with E-state index in [0.717, 1.165) is 25.1 Å². The summed E-state index contributed by atoms with van der Waals surface area (Å²) in [6.07, 6.45) is 1.15. The molecule has 170 valence electrons. The van der Waals surface area contributed by atoms with Crippen LogP contribution < -0.4 is 5.32 Å². The molecular weight excluding hydrogens is 397 g/mol. The smallest absolute Gasteiger partial charge is 0.396 e. The Kier molecular flexibility index (Phi) is 11.0. The summed E-state index contributed by atoms with van der Waals surface area (Å²) in [5, 5.41) is 29.6. The third-order valence-electron chi connectivity index (χ3n) is 4.81. The van der Waals surface area contributed by atoms with Crippen molar-refractivity contribution in [3.8, 4) is 0 Å². The first kappa shape index (κ1) is 26.1. The van der Waals surface area contributed by atoms with Crippen molar-refractivity contribution >= 4 is 0 Å². The molecule has 1 aliphatic heterocycles. The first-order valence-electron chi connectivity index (χ1n) is 10.3. The molecule has 1 aliphatic rings. The molecule has 2 heterocycles. The van der Waals surface area contributed by atoms with Crippen LogP contribution in [0, 0.1) is 5.92 Å². The molecule has 1 aromatic heterocycles. The minimum Gasteiger partial charge on any atom is -0.396 e. The lowest BCUT2D eigenvalue weighted by molar-refractivity contribution is -0.137. The van der Waals surface area contributed by atoms with Gasteiger partial charge in [0.2, 0.25) is 0 Å². The maximum Gasteiger partial charge on any atom is 0.416 e. The van der Waals surface area contributed by atoms with Crippen LogP contribution >= 0.6 is 0 Å². The van der Waals surface area contributed by atoms with E-state index in [4.69, 9.17) is 5.11 Å². The Hall–Kier alpha value is -1.97. The molecule has 2 aromatic rings. The summed E-state index contributed by atoms with van der Waals surface area (Å²) in [6, 6.07) is 4.78. The number of piperidine rings is 1. The van der Waals surface area contributed by atoms with E-state index in [2.05, 4.69) is 15.6 Å². The number of hydrogen-bond donors (Lipinski definition) is 3. The monoisotopic (exact) mass is 430 g/mol. The summed E-state index contributed by atoms with van der Waals surface area (Å²) in [7, 11) is 0. The number of benzene rings is 1. The highest BCUT2D eigenvalue weighted by Crippen LogP contribution is 2.34. The first-order chi connectivity index (χ1) is 14.2. The minimum absolute atomic E-state index is 0.245. The fraction of sp³-hybridized carbons (Fsp3) is 0.619. The van der Waals surface area contributed by atoms with E-state index in [1.807, 2.05) is 27.0 Å². The number of nitrogens with one attached hydrogen (secondary N) is 1. The third kappa shape index (κ3) is 8.41. The number of aromatic nitrogens is 3. The zero-order valence-corrected chi connectivity index (χ0v) is 17.9. The van der Waals surface area contributed by atoms with Crippen molar-refractivity contribution in [1.29, 1.82) is 0 Å². The van der Waals surface area contributed by atoms with Gasteiger partial charge in [-0.25, -0.2) is 0 Å². The number of aliphatic hydroxyl groups excluding tert-OH is 1. The molecule has 0 aliphatic carbocycles. The van der Waals surface area contributed by atoms with Gasteiger partial charge in [0.1, 0.15) is 0 Å². The molecule has 0 bridgehead atoms. The lowest BCUT2D eigenvalue weighted by atomic mass is 9.85. The average molecular weight is 431 g/mol. The van der Waals surface area contributed by atoms with Crippen LogP contribution in [-0.2, 0) is 18.3 Å². The molecule has 3 N–H and O–H groups in total. The van der Waals surface area contributed by atoms with Crippen molar-refractivity contribution in [3.63, 3.8) is 0 Å². The van der Waals surface area contributed by atoms with Crippen molar-refractivity contribution in [2.45, 2.75) is 58.4 Å². The van der Waals surface area contributed by atoms with E-state index in [0.29, 0.717) is 37.4 Å². The Bertz CT molecular complexity index is 685. The van der Waals surface area contributed by atoms with Gasteiger partial charge in [0.25, 0.3) is 0 Å². The van der Waals surface area contributed by atoms with Crippen LogP contribution in [0.25, 0.3) is 0 Å². The molecule has 0 radical (unpaired) electrons. The Morgan fingerprint density at radius 2 is 1.77 bits per heavy atom. The van der Waals surface area contributed by atoms with Crippen LogP contribution in [0.5, 0.6) is 0 Å². The van der Waals surface area contributed by atoms with Crippen LogP contribution in [0.2, 0.25) is 0 Å². The second-order valence-corrected chi connectivity index (χ2v) is 7.10. The highest BCUT2D eigenvalue weighted by atomic mass is 19.4. The van der Waals surface area contributed by atoms with Gasteiger partial charge < -0.3 is 15.5 Å². The predicted molar refractivity (Wildman–Crippen MR) is 110 cm³/mol. The molecular formula is C21H33F3N4O2. The molecule has 0 saturated carbocycles. The molecule has 1 aromatic carbocycles. The van der Waals surface area contributed by atoms with E-state index in [-0.39, 0.29) is 6.61 Å². The van der Waals surface area contributed by atoms with Crippen molar-refractivity contribution < 1.29 is 23.4 Å². The summed E-state index contributed by atoms with van der Waals surface area (Å²) < 4.78 is 38.9. The molecule has 1 atom stereocenters. The highest BCUT2D eigenvalue weighted by Gasteiger charge is 2.33. The molecule has 9 heteroatoms. The van der Waals surface area contributed by atoms with Gasteiger partial charge in [-0.05, 0) is 56.0 Å².